The Labute approximate surface area is 111 Å². The Morgan fingerprint density at radius 1 is 1.44 bits per heavy atom. The van der Waals surface area contributed by atoms with Crippen LogP contribution in [0.3, 0.4) is 0 Å². The van der Waals surface area contributed by atoms with E-state index < -0.39 is 11.5 Å². The van der Waals surface area contributed by atoms with Crippen LogP contribution in [0, 0.1) is 23.2 Å². The molecule has 0 saturated heterocycles. The van der Waals surface area contributed by atoms with Crippen molar-refractivity contribution in [1.82, 2.24) is 0 Å². The lowest BCUT2D eigenvalue weighted by molar-refractivity contribution is -0.165. The Balaban J connectivity index is 3.02. The van der Waals surface area contributed by atoms with Gasteiger partial charge in [0.2, 0.25) is 0 Å². The fourth-order valence-electron chi connectivity index (χ4n) is 3.72. The molecule has 0 heterocycles. The van der Waals surface area contributed by atoms with Gasteiger partial charge in [0.15, 0.2) is 0 Å². The summed E-state index contributed by atoms with van der Waals surface area (Å²) in [4.78, 5) is 12.2. The van der Waals surface area contributed by atoms with Crippen LogP contribution in [0.15, 0.2) is 0 Å². The standard InChI is InChI=1S/C15H28O3/c1-7-18-13(16)12(10(2)3)15(17)9-14(5,6)8-11(15)4/h10-12,17H,7-9H2,1-6H3. The maximum Gasteiger partial charge on any atom is 0.312 e. The van der Waals surface area contributed by atoms with Crippen LogP contribution < -0.4 is 0 Å². The summed E-state index contributed by atoms with van der Waals surface area (Å²) in [6.45, 7) is 12.5. The molecule has 3 unspecified atom stereocenters. The maximum absolute atomic E-state index is 12.2. The van der Waals surface area contributed by atoms with E-state index in [2.05, 4.69) is 13.8 Å². The minimum Gasteiger partial charge on any atom is -0.466 e. The number of carbonyl (C=O) groups excluding carboxylic acids is 1. The molecule has 0 aliphatic heterocycles. The highest BCUT2D eigenvalue weighted by Gasteiger charge is 2.55. The van der Waals surface area contributed by atoms with E-state index in [0.29, 0.717) is 13.0 Å². The van der Waals surface area contributed by atoms with Gasteiger partial charge in [0.05, 0.1) is 18.1 Å². The van der Waals surface area contributed by atoms with Gasteiger partial charge in [0.25, 0.3) is 0 Å². The van der Waals surface area contributed by atoms with Crippen molar-refractivity contribution in [2.75, 3.05) is 6.61 Å². The van der Waals surface area contributed by atoms with Crippen LogP contribution in [0.5, 0.6) is 0 Å². The van der Waals surface area contributed by atoms with Gasteiger partial charge < -0.3 is 9.84 Å². The Kier molecular flexibility index (Phi) is 4.47. The van der Waals surface area contributed by atoms with Crippen molar-refractivity contribution >= 4 is 5.97 Å². The predicted octanol–water partition coefficient (Wildman–Crippen LogP) is 3.01. The largest absolute Gasteiger partial charge is 0.466 e. The first kappa shape index (κ1) is 15.5. The molecular weight excluding hydrogens is 228 g/mol. The molecule has 1 saturated carbocycles. The first-order valence-electron chi connectivity index (χ1n) is 7.03. The van der Waals surface area contributed by atoms with Crippen molar-refractivity contribution in [3.05, 3.63) is 0 Å². The zero-order valence-corrected chi connectivity index (χ0v) is 12.6. The average Bonchev–Trinajstić information content (AvgIpc) is 2.34. The molecule has 0 aromatic carbocycles. The van der Waals surface area contributed by atoms with Crippen molar-refractivity contribution < 1.29 is 14.6 Å². The van der Waals surface area contributed by atoms with Crippen LogP contribution in [0.1, 0.15) is 54.4 Å². The summed E-state index contributed by atoms with van der Waals surface area (Å²) in [5.41, 5.74) is -0.836. The quantitative estimate of drug-likeness (QED) is 0.786. The molecule has 0 bridgehead atoms. The molecule has 0 aromatic heterocycles. The summed E-state index contributed by atoms with van der Waals surface area (Å²) in [6, 6.07) is 0. The van der Waals surface area contributed by atoms with Gasteiger partial charge in [-0.05, 0) is 37.0 Å². The summed E-state index contributed by atoms with van der Waals surface area (Å²) < 4.78 is 5.16. The topological polar surface area (TPSA) is 46.5 Å². The summed E-state index contributed by atoms with van der Waals surface area (Å²) in [7, 11) is 0. The summed E-state index contributed by atoms with van der Waals surface area (Å²) >= 11 is 0. The number of carbonyl (C=O) groups is 1. The van der Waals surface area contributed by atoms with Crippen molar-refractivity contribution in [1.29, 1.82) is 0 Å². The second kappa shape index (κ2) is 5.20. The Bertz CT molecular complexity index is 309. The molecule has 0 radical (unpaired) electrons. The number of esters is 1. The molecule has 106 valence electrons. The second-order valence-corrected chi connectivity index (χ2v) is 6.91. The minimum atomic E-state index is -0.927. The molecular formula is C15H28O3. The molecule has 1 fully saturated rings. The third-order valence-corrected chi connectivity index (χ3v) is 4.22. The van der Waals surface area contributed by atoms with Crippen LogP contribution in [0.2, 0.25) is 0 Å². The molecule has 3 heteroatoms. The summed E-state index contributed by atoms with van der Waals surface area (Å²) in [6.07, 6.45) is 1.62. The lowest BCUT2D eigenvalue weighted by Crippen LogP contribution is -2.48. The Morgan fingerprint density at radius 3 is 2.33 bits per heavy atom. The Hall–Kier alpha value is -0.570. The highest BCUT2D eigenvalue weighted by molar-refractivity contribution is 5.74. The van der Waals surface area contributed by atoms with Crippen LogP contribution in [-0.2, 0) is 9.53 Å². The summed E-state index contributed by atoms with van der Waals surface area (Å²) in [5.74, 6) is -0.455. The first-order chi connectivity index (χ1) is 8.14. The molecule has 1 aliphatic rings. The fraction of sp³-hybridized carbons (Fsp3) is 0.933. The van der Waals surface area contributed by atoms with E-state index in [-0.39, 0.29) is 23.2 Å². The van der Waals surface area contributed by atoms with E-state index in [1.807, 2.05) is 20.8 Å². The SMILES string of the molecule is CCOC(=O)C(C(C)C)C1(O)CC(C)(C)CC1C. The molecule has 3 atom stereocenters. The molecule has 0 aromatic rings. The molecule has 3 nitrogen and oxygen atoms in total. The number of hydrogen-bond acceptors (Lipinski definition) is 3. The van der Waals surface area contributed by atoms with Crippen molar-refractivity contribution in [2.45, 2.75) is 60.0 Å². The third-order valence-electron chi connectivity index (χ3n) is 4.22. The number of hydrogen-bond donors (Lipinski definition) is 1. The molecule has 0 amide bonds. The fourth-order valence-corrected chi connectivity index (χ4v) is 3.72. The van der Waals surface area contributed by atoms with Crippen LogP contribution >= 0.6 is 0 Å². The van der Waals surface area contributed by atoms with Crippen LogP contribution in [0.4, 0.5) is 0 Å². The van der Waals surface area contributed by atoms with Crippen molar-refractivity contribution in [3.63, 3.8) is 0 Å². The highest BCUT2D eigenvalue weighted by atomic mass is 16.5. The normalized spacial score (nSPS) is 32.6. The van der Waals surface area contributed by atoms with Gasteiger partial charge in [-0.2, -0.15) is 0 Å². The highest BCUT2D eigenvalue weighted by Crippen LogP contribution is 2.52. The molecule has 1 N–H and O–H groups in total. The van der Waals surface area contributed by atoms with Gasteiger partial charge in [-0.15, -0.1) is 0 Å². The molecule has 18 heavy (non-hydrogen) atoms. The van der Waals surface area contributed by atoms with E-state index in [1.54, 1.807) is 6.92 Å². The van der Waals surface area contributed by atoms with Gasteiger partial charge in [0.1, 0.15) is 0 Å². The zero-order chi connectivity index (χ0) is 14.1. The predicted molar refractivity (Wildman–Crippen MR) is 72.1 cm³/mol. The number of aliphatic hydroxyl groups is 1. The van der Waals surface area contributed by atoms with E-state index in [4.69, 9.17) is 4.74 Å². The van der Waals surface area contributed by atoms with E-state index in [1.165, 1.54) is 0 Å². The summed E-state index contributed by atoms with van der Waals surface area (Å²) in [5, 5.41) is 11.0. The second-order valence-electron chi connectivity index (χ2n) is 6.91. The smallest absolute Gasteiger partial charge is 0.312 e. The van der Waals surface area contributed by atoms with Crippen molar-refractivity contribution in [3.8, 4) is 0 Å². The van der Waals surface area contributed by atoms with E-state index >= 15 is 0 Å². The number of ether oxygens (including phenoxy) is 1. The zero-order valence-electron chi connectivity index (χ0n) is 12.6. The minimum absolute atomic E-state index is 0.0883. The van der Waals surface area contributed by atoms with Gasteiger partial charge >= 0.3 is 5.97 Å². The Morgan fingerprint density at radius 2 is 2.00 bits per heavy atom. The van der Waals surface area contributed by atoms with Gasteiger partial charge in [-0.25, -0.2) is 0 Å². The van der Waals surface area contributed by atoms with Crippen molar-refractivity contribution in [2.24, 2.45) is 23.2 Å². The van der Waals surface area contributed by atoms with Crippen LogP contribution in [-0.4, -0.2) is 23.3 Å². The first-order valence-corrected chi connectivity index (χ1v) is 7.03. The van der Waals surface area contributed by atoms with E-state index in [9.17, 15) is 9.90 Å². The van der Waals surface area contributed by atoms with Crippen LogP contribution in [0.25, 0.3) is 0 Å². The lowest BCUT2D eigenvalue weighted by atomic mass is 9.73. The third kappa shape index (κ3) is 2.87. The monoisotopic (exact) mass is 256 g/mol. The van der Waals surface area contributed by atoms with Gasteiger partial charge in [0, 0.05) is 0 Å². The average molecular weight is 256 g/mol. The van der Waals surface area contributed by atoms with Gasteiger partial charge in [-0.1, -0.05) is 34.6 Å². The maximum atomic E-state index is 12.2. The number of rotatable bonds is 4. The molecule has 1 rings (SSSR count). The van der Waals surface area contributed by atoms with E-state index in [0.717, 1.165) is 6.42 Å². The molecule has 0 spiro atoms. The lowest BCUT2D eigenvalue weighted by Gasteiger charge is -2.37. The van der Waals surface area contributed by atoms with Gasteiger partial charge in [-0.3, -0.25) is 4.79 Å². The molecule has 1 aliphatic carbocycles.